The molecule has 0 saturated heterocycles. The molecule has 1 atom stereocenters. The van der Waals surface area contributed by atoms with Gasteiger partial charge in [-0.25, -0.2) is 8.78 Å². The lowest BCUT2D eigenvalue weighted by Crippen LogP contribution is -2.07. The van der Waals surface area contributed by atoms with Gasteiger partial charge in [-0.05, 0) is 34.5 Å². The Morgan fingerprint density at radius 1 is 1.42 bits per heavy atom. The number of halogens is 3. The molecular weight excluding hydrogens is 318 g/mol. The molecule has 6 heteroatoms. The van der Waals surface area contributed by atoms with Crippen molar-refractivity contribution in [2.24, 2.45) is 7.05 Å². The van der Waals surface area contributed by atoms with E-state index in [9.17, 15) is 13.9 Å². The Bertz CT molecular complexity index is 613. The third-order valence-electron chi connectivity index (χ3n) is 2.92. The zero-order valence-electron chi connectivity index (χ0n) is 10.5. The van der Waals surface area contributed by atoms with Crippen molar-refractivity contribution < 1.29 is 13.9 Å². The van der Waals surface area contributed by atoms with Gasteiger partial charge in [-0.2, -0.15) is 5.10 Å². The van der Waals surface area contributed by atoms with Gasteiger partial charge in [-0.3, -0.25) is 4.68 Å². The van der Waals surface area contributed by atoms with Gasteiger partial charge in [0.15, 0.2) is 0 Å². The third kappa shape index (κ3) is 2.55. The van der Waals surface area contributed by atoms with E-state index in [4.69, 9.17) is 0 Å². The molecule has 1 unspecified atom stereocenters. The quantitative estimate of drug-likeness (QED) is 0.878. The van der Waals surface area contributed by atoms with Crippen LogP contribution in [0.25, 0.3) is 0 Å². The number of aromatic nitrogens is 2. The SMILES string of the molecule is CCc1nn(C)cc1C(O)c1c(F)ccc(Br)c1F. The summed E-state index contributed by atoms with van der Waals surface area (Å²) in [5.41, 5.74) is 0.673. The number of aryl methyl sites for hydroxylation is 2. The summed E-state index contributed by atoms with van der Waals surface area (Å²) in [7, 11) is 1.70. The molecule has 2 aromatic rings. The Labute approximate surface area is 118 Å². The smallest absolute Gasteiger partial charge is 0.146 e. The van der Waals surface area contributed by atoms with Gasteiger partial charge in [0.2, 0.25) is 0 Å². The maximum atomic E-state index is 14.0. The number of nitrogens with zero attached hydrogens (tertiary/aromatic N) is 2. The van der Waals surface area contributed by atoms with Crippen LogP contribution in [0.5, 0.6) is 0 Å². The van der Waals surface area contributed by atoms with E-state index in [0.29, 0.717) is 17.7 Å². The molecule has 0 fully saturated rings. The van der Waals surface area contributed by atoms with Crippen molar-refractivity contribution in [1.29, 1.82) is 0 Å². The molecule has 0 bridgehead atoms. The highest BCUT2D eigenvalue weighted by atomic mass is 79.9. The molecule has 1 aromatic heterocycles. The zero-order chi connectivity index (χ0) is 14.2. The minimum absolute atomic E-state index is 0.116. The number of aliphatic hydroxyl groups excluding tert-OH is 1. The van der Waals surface area contributed by atoms with Gasteiger partial charge in [0.25, 0.3) is 0 Å². The minimum atomic E-state index is -1.37. The molecule has 19 heavy (non-hydrogen) atoms. The first-order chi connectivity index (χ1) is 8.95. The second-order valence-electron chi connectivity index (χ2n) is 4.22. The van der Waals surface area contributed by atoms with Crippen LogP contribution in [0.1, 0.15) is 29.8 Å². The summed E-state index contributed by atoms with van der Waals surface area (Å²) in [6.45, 7) is 1.87. The molecule has 0 aliphatic heterocycles. The fraction of sp³-hybridized carbons (Fsp3) is 0.308. The summed E-state index contributed by atoms with van der Waals surface area (Å²) < 4.78 is 29.4. The Hall–Kier alpha value is -1.27. The van der Waals surface area contributed by atoms with Crippen LogP contribution >= 0.6 is 15.9 Å². The summed E-state index contributed by atoms with van der Waals surface area (Å²) in [6.07, 6.45) is 0.773. The predicted molar refractivity (Wildman–Crippen MR) is 70.7 cm³/mol. The molecule has 0 saturated carbocycles. The van der Waals surface area contributed by atoms with Crippen LogP contribution < -0.4 is 0 Å². The minimum Gasteiger partial charge on any atom is -0.383 e. The largest absolute Gasteiger partial charge is 0.383 e. The molecule has 1 aromatic carbocycles. The fourth-order valence-corrected chi connectivity index (χ4v) is 2.35. The topological polar surface area (TPSA) is 38.0 Å². The van der Waals surface area contributed by atoms with Crippen molar-refractivity contribution in [3.8, 4) is 0 Å². The maximum Gasteiger partial charge on any atom is 0.146 e. The van der Waals surface area contributed by atoms with Crippen molar-refractivity contribution in [1.82, 2.24) is 9.78 Å². The van der Waals surface area contributed by atoms with E-state index in [1.54, 1.807) is 13.2 Å². The molecular formula is C13H13BrF2N2O. The summed E-state index contributed by atoms with van der Waals surface area (Å²) in [5, 5.41) is 14.4. The number of benzene rings is 1. The molecule has 0 spiro atoms. The van der Waals surface area contributed by atoms with Gasteiger partial charge in [0, 0.05) is 18.8 Å². The van der Waals surface area contributed by atoms with Crippen LogP contribution in [0.15, 0.2) is 22.8 Å². The standard InChI is InChI=1S/C13H13BrF2N2O/c1-3-10-7(6-18(2)17-10)13(19)11-9(15)5-4-8(14)12(11)16/h4-6,13,19H,3H2,1-2H3. The first kappa shape index (κ1) is 14.1. The number of hydrogen-bond donors (Lipinski definition) is 1. The number of rotatable bonds is 3. The number of aliphatic hydroxyl groups is 1. The molecule has 102 valence electrons. The average molecular weight is 331 g/mol. The Balaban J connectivity index is 2.55. The summed E-state index contributed by atoms with van der Waals surface area (Å²) in [4.78, 5) is 0. The molecule has 0 aliphatic carbocycles. The van der Waals surface area contributed by atoms with E-state index in [1.165, 1.54) is 10.7 Å². The van der Waals surface area contributed by atoms with E-state index in [-0.39, 0.29) is 10.0 Å². The van der Waals surface area contributed by atoms with Gasteiger partial charge < -0.3 is 5.11 Å². The molecule has 0 aliphatic rings. The highest BCUT2D eigenvalue weighted by molar-refractivity contribution is 9.10. The van der Waals surface area contributed by atoms with Gasteiger partial charge in [-0.15, -0.1) is 0 Å². The van der Waals surface area contributed by atoms with E-state index >= 15 is 0 Å². The first-order valence-corrected chi connectivity index (χ1v) is 6.58. The molecule has 0 radical (unpaired) electrons. The normalized spacial score (nSPS) is 12.7. The van der Waals surface area contributed by atoms with Gasteiger partial charge in [-0.1, -0.05) is 6.92 Å². The van der Waals surface area contributed by atoms with Crippen LogP contribution in [-0.2, 0) is 13.5 Å². The van der Waals surface area contributed by atoms with E-state index in [2.05, 4.69) is 21.0 Å². The average Bonchev–Trinajstić information content (AvgIpc) is 2.75. The van der Waals surface area contributed by atoms with Crippen molar-refractivity contribution in [3.63, 3.8) is 0 Å². The van der Waals surface area contributed by atoms with Crippen molar-refractivity contribution >= 4 is 15.9 Å². The lowest BCUT2D eigenvalue weighted by atomic mass is 10.00. The summed E-state index contributed by atoms with van der Waals surface area (Å²) in [5.74, 6) is -1.57. The summed E-state index contributed by atoms with van der Waals surface area (Å²) >= 11 is 2.99. The molecule has 0 amide bonds. The molecule has 3 nitrogen and oxygen atoms in total. The van der Waals surface area contributed by atoms with Gasteiger partial charge in [0.1, 0.15) is 17.7 Å². The van der Waals surface area contributed by atoms with Crippen molar-refractivity contribution in [2.45, 2.75) is 19.4 Å². The predicted octanol–water partition coefficient (Wildman–Crippen LogP) is 3.10. The number of hydrogen-bond acceptors (Lipinski definition) is 2. The molecule has 1 N–H and O–H groups in total. The second kappa shape index (κ2) is 5.38. The van der Waals surface area contributed by atoms with Crippen LogP contribution in [0.4, 0.5) is 8.78 Å². The van der Waals surface area contributed by atoms with Crippen molar-refractivity contribution in [2.75, 3.05) is 0 Å². The van der Waals surface area contributed by atoms with Gasteiger partial charge in [0.05, 0.1) is 15.7 Å². The lowest BCUT2D eigenvalue weighted by Gasteiger charge is -2.13. The van der Waals surface area contributed by atoms with E-state index < -0.39 is 17.7 Å². The highest BCUT2D eigenvalue weighted by Gasteiger charge is 2.24. The highest BCUT2D eigenvalue weighted by Crippen LogP contribution is 2.31. The first-order valence-electron chi connectivity index (χ1n) is 5.79. The Kier molecular flexibility index (Phi) is 4.01. The van der Waals surface area contributed by atoms with Crippen LogP contribution in [0, 0.1) is 11.6 Å². The fourth-order valence-electron chi connectivity index (χ4n) is 2.00. The van der Waals surface area contributed by atoms with E-state index in [1.807, 2.05) is 6.92 Å². The second-order valence-corrected chi connectivity index (χ2v) is 5.07. The lowest BCUT2D eigenvalue weighted by molar-refractivity contribution is 0.207. The third-order valence-corrected chi connectivity index (χ3v) is 3.53. The van der Waals surface area contributed by atoms with Gasteiger partial charge >= 0.3 is 0 Å². The summed E-state index contributed by atoms with van der Waals surface area (Å²) in [6, 6.07) is 2.39. The van der Waals surface area contributed by atoms with E-state index in [0.717, 1.165) is 6.07 Å². The zero-order valence-corrected chi connectivity index (χ0v) is 12.1. The van der Waals surface area contributed by atoms with Crippen LogP contribution in [-0.4, -0.2) is 14.9 Å². The van der Waals surface area contributed by atoms with Crippen LogP contribution in [0.3, 0.4) is 0 Å². The Morgan fingerprint density at radius 3 is 2.74 bits per heavy atom. The molecule has 1 heterocycles. The van der Waals surface area contributed by atoms with Crippen molar-refractivity contribution in [3.05, 3.63) is 51.3 Å². The molecule has 2 rings (SSSR count). The monoisotopic (exact) mass is 330 g/mol. The maximum absolute atomic E-state index is 14.0. The Morgan fingerprint density at radius 2 is 2.11 bits per heavy atom. The van der Waals surface area contributed by atoms with Crippen LogP contribution in [0.2, 0.25) is 0 Å².